The molecule has 1 amide bonds. The molecule has 0 aliphatic heterocycles. The molecular weight excluding hydrogens is 296 g/mol. The number of nitrogens with zero attached hydrogens (tertiary/aromatic N) is 1. The summed E-state index contributed by atoms with van der Waals surface area (Å²) in [5.41, 5.74) is 7.30. The van der Waals surface area contributed by atoms with Gasteiger partial charge in [0, 0.05) is 18.3 Å². The van der Waals surface area contributed by atoms with Gasteiger partial charge in [-0.1, -0.05) is 11.6 Å². The number of thiophene rings is 1. The molecule has 0 aliphatic rings. The fourth-order valence-corrected chi connectivity index (χ4v) is 2.73. The molecular formula is C14H15ClN2O2S. The molecule has 0 saturated heterocycles. The molecule has 0 saturated carbocycles. The second kappa shape index (κ2) is 6.63. The first-order valence-electron chi connectivity index (χ1n) is 5.98. The van der Waals surface area contributed by atoms with Gasteiger partial charge in [0.1, 0.15) is 5.75 Å². The molecule has 0 aliphatic carbocycles. The van der Waals surface area contributed by atoms with Gasteiger partial charge in [-0.15, -0.1) is 0 Å². The quantitative estimate of drug-likeness (QED) is 0.892. The zero-order valence-electron chi connectivity index (χ0n) is 11.0. The molecule has 0 atom stereocenters. The van der Waals surface area contributed by atoms with E-state index in [-0.39, 0.29) is 12.5 Å². The number of amides is 1. The molecule has 0 fully saturated rings. The van der Waals surface area contributed by atoms with Gasteiger partial charge >= 0.3 is 0 Å². The Bertz CT molecular complexity index is 587. The van der Waals surface area contributed by atoms with Crippen LogP contribution in [0.2, 0.25) is 5.02 Å². The first kappa shape index (κ1) is 14.7. The van der Waals surface area contributed by atoms with E-state index in [4.69, 9.17) is 22.1 Å². The van der Waals surface area contributed by atoms with Crippen molar-refractivity contribution in [3.63, 3.8) is 0 Å². The summed E-state index contributed by atoms with van der Waals surface area (Å²) >= 11 is 7.63. The summed E-state index contributed by atoms with van der Waals surface area (Å²) in [7, 11) is 1.56. The van der Waals surface area contributed by atoms with Crippen LogP contribution in [0.3, 0.4) is 0 Å². The predicted octanol–water partition coefficient (Wildman–Crippen LogP) is 2.90. The van der Waals surface area contributed by atoms with Gasteiger partial charge in [0.25, 0.3) is 0 Å². The predicted molar refractivity (Wildman–Crippen MR) is 82.6 cm³/mol. The lowest BCUT2D eigenvalue weighted by atomic mass is 10.2. The number of anilines is 1. The Morgan fingerprint density at radius 1 is 1.45 bits per heavy atom. The van der Waals surface area contributed by atoms with Gasteiger partial charge in [0.05, 0.1) is 18.7 Å². The van der Waals surface area contributed by atoms with Gasteiger partial charge in [-0.2, -0.15) is 11.3 Å². The van der Waals surface area contributed by atoms with Gasteiger partial charge in [0.2, 0.25) is 5.91 Å². The first-order chi connectivity index (χ1) is 9.60. The second-order valence-electron chi connectivity index (χ2n) is 4.27. The zero-order chi connectivity index (χ0) is 14.5. The van der Waals surface area contributed by atoms with Crippen LogP contribution >= 0.6 is 22.9 Å². The second-order valence-corrected chi connectivity index (χ2v) is 5.46. The normalized spacial score (nSPS) is 10.3. The van der Waals surface area contributed by atoms with Crippen LogP contribution in [0.4, 0.5) is 5.69 Å². The van der Waals surface area contributed by atoms with E-state index in [9.17, 15) is 4.79 Å². The van der Waals surface area contributed by atoms with Crippen molar-refractivity contribution in [2.45, 2.75) is 6.54 Å². The van der Waals surface area contributed by atoms with Gasteiger partial charge in [0.15, 0.2) is 0 Å². The fraction of sp³-hybridized carbons (Fsp3) is 0.214. The topological polar surface area (TPSA) is 55.6 Å². The number of benzene rings is 1. The number of primary amides is 1. The molecule has 2 rings (SSSR count). The highest BCUT2D eigenvalue weighted by Gasteiger charge is 2.13. The van der Waals surface area contributed by atoms with E-state index in [1.54, 1.807) is 30.6 Å². The lowest BCUT2D eigenvalue weighted by Gasteiger charge is -2.23. The van der Waals surface area contributed by atoms with Gasteiger partial charge < -0.3 is 15.4 Å². The van der Waals surface area contributed by atoms with Crippen molar-refractivity contribution in [3.8, 4) is 5.75 Å². The summed E-state index contributed by atoms with van der Waals surface area (Å²) in [5, 5.41) is 4.58. The maximum absolute atomic E-state index is 11.3. The summed E-state index contributed by atoms with van der Waals surface area (Å²) in [4.78, 5) is 13.2. The molecule has 0 radical (unpaired) electrons. The number of hydrogen-bond donors (Lipinski definition) is 1. The highest BCUT2D eigenvalue weighted by atomic mass is 35.5. The molecule has 4 nitrogen and oxygen atoms in total. The van der Waals surface area contributed by atoms with Crippen molar-refractivity contribution in [2.24, 2.45) is 5.73 Å². The van der Waals surface area contributed by atoms with Crippen LogP contribution in [0.5, 0.6) is 5.75 Å². The summed E-state index contributed by atoms with van der Waals surface area (Å²) in [6.07, 6.45) is 0. The molecule has 20 heavy (non-hydrogen) atoms. The van der Waals surface area contributed by atoms with Crippen molar-refractivity contribution in [2.75, 3.05) is 18.6 Å². The van der Waals surface area contributed by atoms with Crippen LogP contribution < -0.4 is 15.4 Å². The standard InChI is InChI=1S/C14H15ClN2O2S/c1-19-13-6-11(2-3-12(13)15)17(8-14(16)18)7-10-4-5-20-9-10/h2-6,9H,7-8H2,1H3,(H2,16,18). The van der Waals surface area contributed by atoms with E-state index in [0.717, 1.165) is 11.3 Å². The fourth-order valence-electron chi connectivity index (χ4n) is 1.87. The smallest absolute Gasteiger partial charge is 0.236 e. The lowest BCUT2D eigenvalue weighted by molar-refractivity contribution is -0.116. The Morgan fingerprint density at radius 3 is 2.85 bits per heavy atom. The lowest BCUT2D eigenvalue weighted by Crippen LogP contribution is -2.33. The van der Waals surface area contributed by atoms with E-state index in [2.05, 4.69) is 0 Å². The molecule has 106 valence electrons. The van der Waals surface area contributed by atoms with E-state index in [1.807, 2.05) is 27.8 Å². The van der Waals surface area contributed by atoms with Gasteiger partial charge in [-0.25, -0.2) is 0 Å². The minimum Gasteiger partial charge on any atom is -0.495 e. The van der Waals surface area contributed by atoms with Crippen molar-refractivity contribution >= 4 is 34.5 Å². The van der Waals surface area contributed by atoms with Crippen molar-refractivity contribution < 1.29 is 9.53 Å². The first-order valence-corrected chi connectivity index (χ1v) is 7.30. The minimum atomic E-state index is -0.380. The number of rotatable bonds is 6. The zero-order valence-corrected chi connectivity index (χ0v) is 12.6. The van der Waals surface area contributed by atoms with Crippen molar-refractivity contribution in [3.05, 3.63) is 45.6 Å². The Balaban J connectivity index is 2.27. The Labute approximate surface area is 126 Å². The SMILES string of the molecule is COc1cc(N(CC(N)=O)Cc2ccsc2)ccc1Cl. The number of carbonyl (C=O) groups is 1. The van der Waals surface area contributed by atoms with Gasteiger partial charge in [-0.05, 0) is 34.5 Å². The largest absolute Gasteiger partial charge is 0.495 e. The Kier molecular flexibility index (Phi) is 4.87. The maximum Gasteiger partial charge on any atom is 0.236 e. The minimum absolute atomic E-state index is 0.140. The highest BCUT2D eigenvalue weighted by Crippen LogP contribution is 2.30. The Morgan fingerprint density at radius 2 is 2.25 bits per heavy atom. The number of nitrogens with two attached hydrogens (primary N) is 1. The summed E-state index contributed by atoms with van der Waals surface area (Å²) in [6, 6.07) is 7.42. The molecule has 2 N–H and O–H groups in total. The molecule has 2 aromatic rings. The molecule has 1 aromatic heterocycles. The van der Waals surface area contributed by atoms with Crippen molar-refractivity contribution in [1.82, 2.24) is 0 Å². The van der Waals surface area contributed by atoms with E-state index < -0.39 is 0 Å². The third-order valence-electron chi connectivity index (χ3n) is 2.80. The summed E-state index contributed by atoms with van der Waals surface area (Å²) < 4.78 is 5.20. The third kappa shape index (κ3) is 3.65. The number of methoxy groups -OCH3 is 1. The molecule has 0 unspecified atom stereocenters. The monoisotopic (exact) mass is 310 g/mol. The summed E-state index contributed by atoms with van der Waals surface area (Å²) in [6.45, 7) is 0.748. The molecule has 1 heterocycles. The molecule has 0 spiro atoms. The average molecular weight is 311 g/mol. The van der Waals surface area contributed by atoms with Crippen LogP contribution in [0.15, 0.2) is 35.0 Å². The number of halogens is 1. The molecule has 0 bridgehead atoms. The van der Waals surface area contributed by atoms with E-state index >= 15 is 0 Å². The highest BCUT2D eigenvalue weighted by molar-refractivity contribution is 7.07. The number of hydrogen-bond acceptors (Lipinski definition) is 4. The average Bonchev–Trinajstić information content (AvgIpc) is 2.91. The molecule has 1 aromatic carbocycles. The van der Waals surface area contributed by atoms with Crippen LogP contribution in [-0.2, 0) is 11.3 Å². The number of carbonyl (C=O) groups excluding carboxylic acids is 1. The van der Waals surface area contributed by atoms with Crippen LogP contribution in [0.1, 0.15) is 5.56 Å². The third-order valence-corrected chi connectivity index (χ3v) is 3.84. The van der Waals surface area contributed by atoms with Crippen molar-refractivity contribution in [1.29, 1.82) is 0 Å². The van der Waals surface area contributed by atoms with E-state index in [1.165, 1.54) is 0 Å². The summed E-state index contributed by atoms with van der Waals surface area (Å²) in [5.74, 6) is 0.193. The Hall–Kier alpha value is -1.72. The van der Waals surface area contributed by atoms with Crippen LogP contribution in [-0.4, -0.2) is 19.6 Å². The van der Waals surface area contributed by atoms with E-state index in [0.29, 0.717) is 17.3 Å². The molecule has 6 heteroatoms. The van der Waals surface area contributed by atoms with Gasteiger partial charge in [-0.3, -0.25) is 4.79 Å². The maximum atomic E-state index is 11.3. The van der Waals surface area contributed by atoms with Crippen LogP contribution in [0.25, 0.3) is 0 Å². The van der Waals surface area contributed by atoms with Crippen LogP contribution in [0, 0.1) is 0 Å². The number of ether oxygens (including phenoxy) is 1.